The van der Waals surface area contributed by atoms with Crippen LogP contribution in [0.25, 0.3) is 11.2 Å². The molecule has 4 rings (SSSR count). The van der Waals surface area contributed by atoms with E-state index >= 15 is 0 Å². The Balaban J connectivity index is 1.37. The fraction of sp³-hybridized carbons (Fsp3) is 0.412. The Morgan fingerprint density at radius 2 is 2.18 bits per heavy atom. The zero-order chi connectivity index (χ0) is 19.6. The van der Waals surface area contributed by atoms with Gasteiger partial charge in [0.05, 0.1) is 31.7 Å². The summed E-state index contributed by atoms with van der Waals surface area (Å²) >= 11 is 0. The zero-order valence-corrected chi connectivity index (χ0v) is 16.2. The van der Waals surface area contributed by atoms with Crippen LogP contribution in [-0.4, -0.2) is 43.6 Å². The number of rotatable bonds is 6. The minimum absolute atomic E-state index is 0.125. The average Bonchev–Trinajstić information content (AvgIpc) is 3.11. The van der Waals surface area contributed by atoms with Crippen LogP contribution < -0.4 is 5.73 Å². The van der Waals surface area contributed by atoms with Crippen molar-refractivity contribution in [1.82, 2.24) is 24.5 Å². The summed E-state index contributed by atoms with van der Waals surface area (Å²) in [6.07, 6.45) is 6.33. The molecule has 0 spiro atoms. The van der Waals surface area contributed by atoms with Crippen LogP contribution in [0.1, 0.15) is 25.0 Å². The van der Waals surface area contributed by atoms with Gasteiger partial charge in [-0.3, -0.25) is 14.1 Å². The normalized spacial score (nSPS) is 23.7. The number of nitrogens with zero attached hydrogens (tertiary/aromatic N) is 5. The van der Waals surface area contributed by atoms with E-state index in [1.165, 1.54) is 6.33 Å². The Bertz CT molecular complexity index is 998. The molecule has 28 heavy (non-hydrogen) atoms. The van der Waals surface area contributed by atoms with Crippen molar-refractivity contribution in [2.45, 2.75) is 32.1 Å². The van der Waals surface area contributed by atoms with Crippen molar-refractivity contribution >= 4 is 24.6 Å². The Hall–Kier alpha value is -2.39. The summed E-state index contributed by atoms with van der Waals surface area (Å²) in [6.45, 7) is 2.68. The molecule has 4 heterocycles. The fourth-order valence-electron chi connectivity index (χ4n) is 3.03. The molecule has 0 bridgehead atoms. The second kappa shape index (κ2) is 7.92. The Labute approximate surface area is 161 Å². The van der Waals surface area contributed by atoms with E-state index in [0.29, 0.717) is 36.6 Å². The maximum absolute atomic E-state index is 12.9. The smallest absolute Gasteiger partial charge is 0.356 e. The highest BCUT2D eigenvalue weighted by Crippen LogP contribution is 2.56. The molecule has 1 saturated heterocycles. The molecular formula is C17H21N6O4P. The fourth-order valence-corrected chi connectivity index (χ4v) is 4.66. The number of pyridine rings is 1. The van der Waals surface area contributed by atoms with E-state index in [4.69, 9.17) is 19.5 Å². The third-order valence-electron chi connectivity index (χ3n) is 4.43. The van der Waals surface area contributed by atoms with Crippen LogP contribution >= 0.6 is 7.60 Å². The van der Waals surface area contributed by atoms with Crippen LogP contribution in [0.3, 0.4) is 0 Å². The summed E-state index contributed by atoms with van der Waals surface area (Å²) in [5.74, 6) is 0.327. The molecule has 0 aliphatic carbocycles. The van der Waals surface area contributed by atoms with E-state index in [-0.39, 0.29) is 18.6 Å². The minimum atomic E-state index is -3.35. The molecule has 11 heteroatoms. The molecule has 3 aromatic heterocycles. The minimum Gasteiger partial charge on any atom is -0.382 e. The summed E-state index contributed by atoms with van der Waals surface area (Å²) in [5, 5.41) is 0. The first-order valence-electron chi connectivity index (χ1n) is 8.89. The van der Waals surface area contributed by atoms with Crippen LogP contribution in [0, 0.1) is 0 Å². The molecule has 1 fully saturated rings. The van der Waals surface area contributed by atoms with Gasteiger partial charge in [-0.1, -0.05) is 0 Å². The average molecular weight is 404 g/mol. The van der Waals surface area contributed by atoms with E-state index in [9.17, 15) is 4.57 Å². The molecule has 0 radical (unpaired) electrons. The number of fused-ring (bicyclic) bond motifs is 1. The number of ether oxygens (including phenoxy) is 1. The van der Waals surface area contributed by atoms with Gasteiger partial charge in [-0.05, 0) is 24.6 Å². The Kier molecular flexibility index (Phi) is 5.36. The quantitative estimate of drug-likeness (QED) is 0.616. The molecule has 0 amide bonds. The van der Waals surface area contributed by atoms with Crippen molar-refractivity contribution in [3.8, 4) is 0 Å². The number of hydrogen-bond acceptors (Lipinski definition) is 9. The van der Waals surface area contributed by atoms with E-state index in [0.717, 1.165) is 5.56 Å². The zero-order valence-electron chi connectivity index (χ0n) is 15.3. The van der Waals surface area contributed by atoms with Crippen LogP contribution in [0.5, 0.6) is 0 Å². The van der Waals surface area contributed by atoms with Gasteiger partial charge in [0.25, 0.3) is 0 Å². The molecule has 1 aliphatic rings. The third kappa shape index (κ3) is 4.05. The first-order chi connectivity index (χ1) is 13.5. The molecule has 0 saturated carbocycles. The van der Waals surface area contributed by atoms with Gasteiger partial charge in [0.15, 0.2) is 11.5 Å². The van der Waals surface area contributed by atoms with Gasteiger partial charge in [-0.2, -0.15) is 0 Å². The summed E-state index contributed by atoms with van der Waals surface area (Å²) in [5.41, 5.74) is 7.89. The van der Waals surface area contributed by atoms with E-state index in [1.807, 2.05) is 23.6 Å². The predicted octanol–water partition coefficient (Wildman–Crippen LogP) is 2.54. The van der Waals surface area contributed by atoms with Gasteiger partial charge in [-0.15, -0.1) is 0 Å². The highest BCUT2D eigenvalue weighted by atomic mass is 31.2. The monoisotopic (exact) mass is 404 g/mol. The van der Waals surface area contributed by atoms with Gasteiger partial charge >= 0.3 is 7.60 Å². The topological polar surface area (TPSA) is 127 Å². The Morgan fingerprint density at radius 3 is 3.00 bits per heavy atom. The van der Waals surface area contributed by atoms with Crippen LogP contribution in [0.15, 0.2) is 37.2 Å². The number of aromatic nitrogens is 5. The highest BCUT2D eigenvalue weighted by Gasteiger charge is 2.35. The molecule has 1 aliphatic heterocycles. The van der Waals surface area contributed by atoms with Crippen molar-refractivity contribution in [3.05, 3.63) is 42.7 Å². The van der Waals surface area contributed by atoms with E-state index in [1.54, 1.807) is 18.7 Å². The molecule has 0 aromatic carbocycles. The van der Waals surface area contributed by atoms with Gasteiger partial charge in [0.1, 0.15) is 18.2 Å². The third-order valence-corrected chi connectivity index (χ3v) is 6.05. The summed E-state index contributed by atoms with van der Waals surface area (Å²) in [4.78, 5) is 16.4. The van der Waals surface area contributed by atoms with Gasteiger partial charge < -0.3 is 19.6 Å². The summed E-state index contributed by atoms with van der Waals surface area (Å²) in [7, 11) is -3.35. The van der Waals surface area contributed by atoms with Crippen LogP contribution in [0.4, 0.5) is 5.82 Å². The lowest BCUT2D eigenvalue weighted by molar-refractivity contribution is 0.0340. The number of imidazole rings is 1. The molecular weight excluding hydrogens is 383 g/mol. The molecule has 148 valence electrons. The van der Waals surface area contributed by atoms with E-state index in [2.05, 4.69) is 19.9 Å². The largest absolute Gasteiger partial charge is 0.382 e. The van der Waals surface area contributed by atoms with Gasteiger partial charge in [0, 0.05) is 18.8 Å². The number of nitrogens with two attached hydrogens (primary N) is 1. The molecule has 3 aromatic rings. The molecule has 2 unspecified atom stereocenters. The van der Waals surface area contributed by atoms with Crippen LogP contribution in [0.2, 0.25) is 0 Å². The van der Waals surface area contributed by atoms with E-state index < -0.39 is 7.60 Å². The lowest BCUT2D eigenvalue weighted by Gasteiger charge is -2.30. The van der Waals surface area contributed by atoms with Crippen molar-refractivity contribution < 1.29 is 18.3 Å². The Morgan fingerprint density at radius 1 is 1.36 bits per heavy atom. The van der Waals surface area contributed by atoms with Gasteiger partial charge in [0.2, 0.25) is 0 Å². The number of nitrogen functional groups attached to an aromatic ring is 1. The maximum atomic E-state index is 12.9. The SMILES string of the molecule is CC(Cn1cnc2c(N)ncnc21)OCP1(=O)OCC[C@@H](c2ccncc2)O1. The molecule has 10 nitrogen and oxygen atoms in total. The van der Waals surface area contributed by atoms with Crippen molar-refractivity contribution in [3.63, 3.8) is 0 Å². The van der Waals surface area contributed by atoms with Crippen molar-refractivity contribution in [1.29, 1.82) is 0 Å². The lowest BCUT2D eigenvalue weighted by Crippen LogP contribution is -2.21. The maximum Gasteiger partial charge on any atom is 0.356 e. The van der Waals surface area contributed by atoms with Gasteiger partial charge in [-0.25, -0.2) is 15.0 Å². The highest BCUT2D eigenvalue weighted by molar-refractivity contribution is 7.53. The second-order valence-electron chi connectivity index (χ2n) is 6.54. The first-order valence-corrected chi connectivity index (χ1v) is 10.6. The number of anilines is 1. The summed E-state index contributed by atoms with van der Waals surface area (Å²) in [6, 6.07) is 3.70. The van der Waals surface area contributed by atoms with Crippen molar-refractivity contribution in [2.24, 2.45) is 0 Å². The molecule has 2 N–H and O–H groups in total. The van der Waals surface area contributed by atoms with Crippen LogP contribution in [-0.2, 0) is 24.9 Å². The second-order valence-corrected chi connectivity index (χ2v) is 8.49. The summed E-state index contributed by atoms with van der Waals surface area (Å²) < 4.78 is 31.7. The molecule has 3 atom stereocenters. The first kappa shape index (κ1) is 18.9. The standard InChI is InChI=1S/C17H21N6O4P/c1-12(8-23-10-22-15-16(18)20-9-21-17(15)23)25-11-28(24)26-7-4-14(27-28)13-2-5-19-6-3-13/h2-3,5-6,9-10,12,14H,4,7-8,11H2,1H3,(H2,18,20,21)/t12?,14-,28?/m0/s1. The number of hydrogen-bond donors (Lipinski definition) is 1. The predicted molar refractivity (Wildman–Crippen MR) is 101 cm³/mol. The van der Waals surface area contributed by atoms with Crippen molar-refractivity contribution in [2.75, 3.05) is 18.7 Å². The lowest BCUT2D eigenvalue weighted by atomic mass is 10.1.